The quantitative estimate of drug-likeness (QED) is 0.433. The second kappa shape index (κ2) is 9.83. The van der Waals surface area contributed by atoms with E-state index in [2.05, 4.69) is 15.8 Å². The summed E-state index contributed by atoms with van der Waals surface area (Å²) in [5.41, 5.74) is 3.68. The first-order valence-corrected chi connectivity index (χ1v) is 8.09. The lowest BCUT2D eigenvalue weighted by atomic mass is 10.2. The zero-order chi connectivity index (χ0) is 18.8. The molecule has 0 saturated carbocycles. The third kappa shape index (κ3) is 6.27. The summed E-state index contributed by atoms with van der Waals surface area (Å²) in [7, 11) is 1.57. The molecule has 2 aromatic carbocycles. The molecule has 0 aliphatic rings. The Labute approximate surface area is 152 Å². The van der Waals surface area contributed by atoms with Crippen molar-refractivity contribution in [2.45, 2.75) is 13.3 Å². The fourth-order valence-corrected chi connectivity index (χ4v) is 2.09. The van der Waals surface area contributed by atoms with Gasteiger partial charge in [0.2, 0.25) is 11.8 Å². The van der Waals surface area contributed by atoms with E-state index in [0.717, 1.165) is 11.3 Å². The molecule has 136 valence electrons. The number of hydrogen-bond donors (Lipinski definition) is 2. The number of carbonyl (C=O) groups excluding carboxylic acids is 2. The van der Waals surface area contributed by atoms with Crippen molar-refractivity contribution >= 4 is 23.7 Å². The Morgan fingerprint density at radius 2 is 1.85 bits per heavy atom. The summed E-state index contributed by atoms with van der Waals surface area (Å²) >= 11 is 0. The zero-order valence-corrected chi connectivity index (χ0v) is 14.7. The van der Waals surface area contributed by atoms with E-state index in [0.29, 0.717) is 18.0 Å². The summed E-state index contributed by atoms with van der Waals surface area (Å²) in [6.07, 6.45) is 1.15. The average Bonchev–Trinajstić information content (AvgIpc) is 2.63. The Morgan fingerprint density at radius 3 is 2.54 bits per heavy atom. The number of anilines is 1. The van der Waals surface area contributed by atoms with Crippen molar-refractivity contribution in [3.8, 4) is 11.5 Å². The Balaban J connectivity index is 1.79. The fourth-order valence-electron chi connectivity index (χ4n) is 2.09. The maximum Gasteiger partial charge on any atom is 0.249 e. The van der Waals surface area contributed by atoms with E-state index in [9.17, 15) is 9.59 Å². The summed E-state index contributed by atoms with van der Waals surface area (Å²) in [5.74, 6) is 0.473. The standard InChI is InChI=1S/C19H21N3O4/c1-3-26-16-9-7-15(8-10-16)21-18(23)12-19(24)22-20-13-14-5-4-6-17(11-14)25-2/h4-11,13H,3,12H2,1-2H3,(H,21,23)(H,22,24). The van der Waals surface area contributed by atoms with Crippen molar-refractivity contribution in [3.05, 3.63) is 54.1 Å². The van der Waals surface area contributed by atoms with Gasteiger partial charge in [0.1, 0.15) is 17.9 Å². The van der Waals surface area contributed by atoms with E-state index in [1.807, 2.05) is 19.1 Å². The molecule has 2 N–H and O–H groups in total. The van der Waals surface area contributed by atoms with Gasteiger partial charge in [-0.05, 0) is 48.9 Å². The van der Waals surface area contributed by atoms with Crippen LogP contribution in [0.1, 0.15) is 18.9 Å². The largest absolute Gasteiger partial charge is 0.497 e. The molecule has 2 rings (SSSR count). The predicted octanol–water partition coefficient (Wildman–Crippen LogP) is 2.57. The molecule has 0 heterocycles. The number of amides is 2. The van der Waals surface area contributed by atoms with E-state index in [1.165, 1.54) is 6.21 Å². The minimum Gasteiger partial charge on any atom is -0.497 e. The Hall–Kier alpha value is -3.35. The van der Waals surface area contributed by atoms with E-state index < -0.39 is 11.8 Å². The van der Waals surface area contributed by atoms with Crippen LogP contribution in [0.15, 0.2) is 53.6 Å². The van der Waals surface area contributed by atoms with Gasteiger partial charge in [-0.15, -0.1) is 0 Å². The summed E-state index contributed by atoms with van der Waals surface area (Å²) in [5, 5.41) is 6.47. The van der Waals surface area contributed by atoms with Crippen molar-refractivity contribution < 1.29 is 19.1 Å². The molecular weight excluding hydrogens is 334 g/mol. The van der Waals surface area contributed by atoms with Crippen LogP contribution in [0, 0.1) is 0 Å². The minimum absolute atomic E-state index is 0.331. The maximum absolute atomic E-state index is 11.9. The normalized spacial score (nSPS) is 10.4. The lowest BCUT2D eigenvalue weighted by molar-refractivity contribution is -0.126. The predicted molar refractivity (Wildman–Crippen MR) is 99.6 cm³/mol. The lowest BCUT2D eigenvalue weighted by Gasteiger charge is -2.06. The second-order valence-corrected chi connectivity index (χ2v) is 5.25. The molecule has 0 fully saturated rings. The molecular formula is C19H21N3O4. The van der Waals surface area contributed by atoms with Gasteiger partial charge in [0.05, 0.1) is 19.9 Å². The number of benzene rings is 2. The Morgan fingerprint density at radius 1 is 1.08 bits per heavy atom. The molecule has 0 atom stereocenters. The molecule has 0 aliphatic heterocycles. The second-order valence-electron chi connectivity index (χ2n) is 5.25. The average molecular weight is 355 g/mol. The summed E-state index contributed by atoms with van der Waals surface area (Å²) in [6, 6.07) is 14.1. The molecule has 2 aromatic rings. The first-order chi connectivity index (χ1) is 12.6. The van der Waals surface area contributed by atoms with Gasteiger partial charge in [0.15, 0.2) is 0 Å². The topological polar surface area (TPSA) is 89.0 Å². The van der Waals surface area contributed by atoms with E-state index in [-0.39, 0.29) is 6.42 Å². The molecule has 0 unspecified atom stereocenters. The van der Waals surface area contributed by atoms with Gasteiger partial charge in [-0.1, -0.05) is 12.1 Å². The Kier molecular flexibility index (Phi) is 7.17. The first kappa shape index (κ1) is 19.0. The number of hydrogen-bond acceptors (Lipinski definition) is 5. The van der Waals surface area contributed by atoms with Gasteiger partial charge < -0.3 is 14.8 Å². The number of nitrogens with one attached hydrogen (secondary N) is 2. The molecule has 7 nitrogen and oxygen atoms in total. The number of methoxy groups -OCH3 is 1. The number of carbonyl (C=O) groups is 2. The van der Waals surface area contributed by atoms with Crippen LogP contribution in [0.25, 0.3) is 0 Å². The molecule has 2 amide bonds. The monoisotopic (exact) mass is 355 g/mol. The van der Waals surface area contributed by atoms with Crippen LogP contribution < -0.4 is 20.2 Å². The molecule has 0 saturated heterocycles. The first-order valence-electron chi connectivity index (χ1n) is 8.09. The summed E-state index contributed by atoms with van der Waals surface area (Å²) < 4.78 is 10.4. The van der Waals surface area contributed by atoms with Crippen LogP contribution >= 0.6 is 0 Å². The van der Waals surface area contributed by atoms with Gasteiger partial charge in [0.25, 0.3) is 0 Å². The minimum atomic E-state index is -0.507. The van der Waals surface area contributed by atoms with Crippen LogP contribution in [0.3, 0.4) is 0 Å². The van der Waals surface area contributed by atoms with Gasteiger partial charge in [-0.25, -0.2) is 5.43 Å². The molecule has 0 spiro atoms. The van der Waals surface area contributed by atoms with Gasteiger partial charge in [-0.2, -0.15) is 5.10 Å². The molecule has 0 bridgehead atoms. The zero-order valence-electron chi connectivity index (χ0n) is 14.7. The van der Waals surface area contributed by atoms with Crippen molar-refractivity contribution in [1.82, 2.24) is 5.43 Å². The van der Waals surface area contributed by atoms with Crippen LogP contribution in [0.5, 0.6) is 11.5 Å². The highest BCUT2D eigenvalue weighted by atomic mass is 16.5. The smallest absolute Gasteiger partial charge is 0.249 e. The van der Waals surface area contributed by atoms with E-state index in [1.54, 1.807) is 43.5 Å². The summed E-state index contributed by atoms with van der Waals surface area (Å²) in [4.78, 5) is 23.6. The third-order valence-electron chi connectivity index (χ3n) is 3.27. The van der Waals surface area contributed by atoms with Gasteiger partial charge in [0, 0.05) is 5.69 Å². The van der Waals surface area contributed by atoms with Crippen LogP contribution in [-0.2, 0) is 9.59 Å². The number of ether oxygens (including phenoxy) is 2. The fraction of sp³-hybridized carbons (Fsp3) is 0.211. The van der Waals surface area contributed by atoms with Crippen LogP contribution in [-0.4, -0.2) is 31.7 Å². The Bertz CT molecular complexity index is 773. The third-order valence-corrected chi connectivity index (χ3v) is 3.27. The highest BCUT2D eigenvalue weighted by molar-refractivity contribution is 6.03. The molecule has 0 aliphatic carbocycles. The molecule has 0 radical (unpaired) electrons. The maximum atomic E-state index is 11.9. The summed E-state index contributed by atoms with van der Waals surface area (Å²) in [6.45, 7) is 2.47. The van der Waals surface area contributed by atoms with Crippen molar-refractivity contribution in [3.63, 3.8) is 0 Å². The van der Waals surface area contributed by atoms with Crippen molar-refractivity contribution in [1.29, 1.82) is 0 Å². The lowest BCUT2D eigenvalue weighted by Crippen LogP contribution is -2.24. The van der Waals surface area contributed by atoms with E-state index in [4.69, 9.17) is 9.47 Å². The van der Waals surface area contributed by atoms with Crippen LogP contribution in [0.2, 0.25) is 0 Å². The van der Waals surface area contributed by atoms with Gasteiger partial charge in [-0.3, -0.25) is 9.59 Å². The number of rotatable bonds is 8. The van der Waals surface area contributed by atoms with Gasteiger partial charge >= 0.3 is 0 Å². The molecule has 7 heteroatoms. The number of hydrazone groups is 1. The molecule has 0 aromatic heterocycles. The highest BCUT2D eigenvalue weighted by Crippen LogP contribution is 2.15. The number of nitrogens with zero attached hydrogens (tertiary/aromatic N) is 1. The van der Waals surface area contributed by atoms with Crippen LogP contribution in [0.4, 0.5) is 5.69 Å². The van der Waals surface area contributed by atoms with E-state index >= 15 is 0 Å². The van der Waals surface area contributed by atoms with Crippen molar-refractivity contribution in [2.24, 2.45) is 5.10 Å². The van der Waals surface area contributed by atoms with Crippen molar-refractivity contribution in [2.75, 3.05) is 19.0 Å². The highest BCUT2D eigenvalue weighted by Gasteiger charge is 2.09. The molecule has 26 heavy (non-hydrogen) atoms. The SMILES string of the molecule is CCOc1ccc(NC(=O)CC(=O)NN=Cc2cccc(OC)c2)cc1.